The quantitative estimate of drug-likeness (QED) is 0.272. The van der Waals surface area contributed by atoms with Gasteiger partial charge in [0.25, 0.3) is 0 Å². The highest BCUT2D eigenvalue weighted by Gasteiger charge is 2.34. The van der Waals surface area contributed by atoms with Crippen molar-refractivity contribution >= 4 is 10.8 Å². The van der Waals surface area contributed by atoms with Gasteiger partial charge < -0.3 is 4.74 Å². The second-order valence-corrected chi connectivity index (χ2v) is 8.51. The molecule has 32 heavy (non-hydrogen) atoms. The molecule has 0 saturated carbocycles. The number of halogens is 5. The summed E-state index contributed by atoms with van der Waals surface area (Å²) >= 11 is 0. The summed E-state index contributed by atoms with van der Waals surface area (Å²) in [5.74, 6) is -2.12. The molecule has 4 rings (SSSR count). The van der Waals surface area contributed by atoms with Crippen LogP contribution in [-0.4, -0.2) is 6.36 Å². The van der Waals surface area contributed by atoms with Gasteiger partial charge in [0.2, 0.25) is 0 Å². The van der Waals surface area contributed by atoms with Gasteiger partial charge in [0.05, 0.1) is 0 Å². The number of alkyl halides is 3. The summed E-state index contributed by atoms with van der Waals surface area (Å²) < 4.78 is 70.1. The summed E-state index contributed by atoms with van der Waals surface area (Å²) in [6.07, 6.45) is 0.850. The third-order valence-electron chi connectivity index (χ3n) is 6.42. The minimum absolute atomic E-state index is 0.169. The molecule has 1 aliphatic rings. The summed E-state index contributed by atoms with van der Waals surface area (Å²) in [4.78, 5) is 0. The van der Waals surface area contributed by atoms with Crippen LogP contribution >= 0.6 is 0 Å². The number of hydrogen-bond acceptors (Lipinski definition) is 1. The van der Waals surface area contributed by atoms with E-state index in [1.54, 1.807) is 6.07 Å². The van der Waals surface area contributed by atoms with Crippen LogP contribution in [0.4, 0.5) is 22.0 Å². The first-order valence-electron chi connectivity index (χ1n) is 11.0. The number of hydrogen-bond donors (Lipinski definition) is 0. The molecule has 0 amide bonds. The molecule has 3 aromatic carbocycles. The normalized spacial score (nSPS) is 18.6. The van der Waals surface area contributed by atoms with Gasteiger partial charge in [-0.3, -0.25) is 0 Å². The molecule has 170 valence electrons. The van der Waals surface area contributed by atoms with Crippen LogP contribution in [0.5, 0.6) is 5.75 Å². The molecule has 6 heteroatoms. The zero-order chi connectivity index (χ0) is 22.9. The Balaban J connectivity index is 1.78. The minimum Gasteiger partial charge on any atom is -0.403 e. The maximum absolute atomic E-state index is 14.6. The molecule has 0 unspecified atom stereocenters. The number of benzene rings is 3. The molecule has 0 saturated heterocycles. The van der Waals surface area contributed by atoms with Crippen LogP contribution in [0.15, 0.2) is 48.5 Å². The summed E-state index contributed by atoms with van der Waals surface area (Å²) in [7, 11) is 0. The lowest BCUT2D eigenvalue weighted by Gasteiger charge is -2.35. The van der Waals surface area contributed by atoms with Gasteiger partial charge in [-0.05, 0) is 76.9 Å². The lowest BCUT2D eigenvalue weighted by molar-refractivity contribution is -0.275. The Morgan fingerprint density at radius 2 is 1.75 bits per heavy atom. The fraction of sp³-hybridized carbons (Fsp3) is 0.385. The van der Waals surface area contributed by atoms with Crippen molar-refractivity contribution in [1.82, 2.24) is 0 Å². The highest BCUT2D eigenvalue weighted by Crippen LogP contribution is 2.46. The molecule has 0 aromatic heterocycles. The van der Waals surface area contributed by atoms with Crippen molar-refractivity contribution in [1.29, 1.82) is 0 Å². The zero-order valence-corrected chi connectivity index (χ0v) is 17.8. The fourth-order valence-corrected chi connectivity index (χ4v) is 5.03. The average molecular weight is 448 g/mol. The van der Waals surface area contributed by atoms with E-state index in [0.717, 1.165) is 72.6 Å². The summed E-state index contributed by atoms with van der Waals surface area (Å²) in [5.41, 5.74) is 2.66. The third-order valence-corrected chi connectivity index (χ3v) is 6.42. The minimum atomic E-state index is -4.95. The first kappa shape index (κ1) is 22.6. The van der Waals surface area contributed by atoms with Crippen LogP contribution in [0.2, 0.25) is 0 Å². The van der Waals surface area contributed by atoms with Gasteiger partial charge in [-0.1, -0.05) is 50.5 Å². The van der Waals surface area contributed by atoms with Gasteiger partial charge in [-0.25, -0.2) is 8.78 Å². The van der Waals surface area contributed by atoms with Crippen LogP contribution in [-0.2, 0) is 6.42 Å². The van der Waals surface area contributed by atoms with E-state index in [1.807, 2.05) is 12.1 Å². The fourth-order valence-electron chi connectivity index (χ4n) is 5.03. The van der Waals surface area contributed by atoms with Gasteiger partial charge in [-0.2, -0.15) is 0 Å². The number of aryl methyl sites for hydroxylation is 1. The standard InChI is InChI=1S/C26H25F5O/c1-2-3-4-5-17-8-11-20-21(12-7-16-6-10-19(27)15-22(16)20)25(17)18-9-13-24(23(28)14-18)32-26(29,30)31/h6-7,9-10,12-15,17,25H,2-5,8,11H2,1H3/t17-,25-/m1/s1. The SMILES string of the molecule is CCCCC[C@@H]1CCc2c(ccc3ccc(F)cc23)[C@H]1c1ccc(OC(F)(F)F)c(F)c1. The number of ether oxygens (including phenoxy) is 1. The largest absolute Gasteiger partial charge is 0.573 e. The van der Waals surface area contributed by atoms with Gasteiger partial charge >= 0.3 is 6.36 Å². The lowest BCUT2D eigenvalue weighted by Crippen LogP contribution is -2.23. The molecule has 1 aliphatic carbocycles. The Bertz CT molecular complexity index is 1110. The monoisotopic (exact) mass is 448 g/mol. The third kappa shape index (κ3) is 4.74. The molecule has 0 aliphatic heterocycles. The van der Waals surface area contributed by atoms with Crippen molar-refractivity contribution in [2.24, 2.45) is 5.92 Å². The maximum atomic E-state index is 14.6. The predicted molar refractivity (Wildman–Crippen MR) is 115 cm³/mol. The van der Waals surface area contributed by atoms with Crippen LogP contribution in [0.1, 0.15) is 61.6 Å². The number of rotatable bonds is 6. The number of unbranched alkanes of at least 4 members (excludes halogenated alkanes) is 2. The van der Waals surface area contributed by atoms with Crippen molar-refractivity contribution in [2.45, 2.75) is 57.7 Å². The van der Waals surface area contributed by atoms with E-state index in [4.69, 9.17) is 0 Å². The van der Waals surface area contributed by atoms with Gasteiger partial charge in [-0.15, -0.1) is 13.2 Å². The Morgan fingerprint density at radius 1 is 0.969 bits per heavy atom. The highest BCUT2D eigenvalue weighted by molar-refractivity contribution is 5.87. The molecule has 2 atom stereocenters. The van der Waals surface area contributed by atoms with Crippen molar-refractivity contribution in [3.8, 4) is 5.75 Å². The van der Waals surface area contributed by atoms with Crippen LogP contribution in [0, 0.1) is 17.6 Å². The molecule has 3 aromatic rings. The van der Waals surface area contributed by atoms with E-state index in [2.05, 4.69) is 11.7 Å². The molecule has 0 heterocycles. The second-order valence-electron chi connectivity index (χ2n) is 8.51. The number of fused-ring (bicyclic) bond motifs is 3. The Labute approximate surface area is 184 Å². The highest BCUT2D eigenvalue weighted by atomic mass is 19.4. The zero-order valence-electron chi connectivity index (χ0n) is 17.8. The average Bonchev–Trinajstić information content (AvgIpc) is 2.74. The first-order chi connectivity index (χ1) is 15.3. The van der Waals surface area contributed by atoms with E-state index in [9.17, 15) is 22.0 Å². The van der Waals surface area contributed by atoms with Gasteiger partial charge in [0.1, 0.15) is 5.82 Å². The predicted octanol–water partition coefficient (Wildman–Crippen LogP) is 8.29. The van der Waals surface area contributed by atoms with Crippen molar-refractivity contribution in [3.63, 3.8) is 0 Å². The van der Waals surface area contributed by atoms with E-state index in [-0.39, 0.29) is 17.7 Å². The van der Waals surface area contributed by atoms with E-state index >= 15 is 0 Å². The smallest absolute Gasteiger partial charge is 0.403 e. The molecule has 0 bridgehead atoms. The van der Waals surface area contributed by atoms with Crippen molar-refractivity contribution in [3.05, 3.63) is 76.9 Å². The van der Waals surface area contributed by atoms with Gasteiger partial charge in [0.15, 0.2) is 11.6 Å². The Morgan fingerprint density at radius 3 is 2.47 bits per heavy atom. The topological polar surface area (TPSA) is 9.23 Å². The van der Waals surface area contributed by atoms with E-state index < -0.39 is 17.9 Å². The van der Waals surface area contributed by atoms with Gasteiger partial charge in [0, 0.05) is 5.92 Å². The van der Waals surface area contributed by atoms with Crippen molar-refractivity contribution < 1.29 is 26.7 Å². The Hall–Kier alpha value is -2.63. The Kier molecular flexibility index (Phi) is 6.40. The molecular weight excluding hydrogens is 423 g/mol. The second kappa shape index (κ2) is 9.08. The molecular formula is C26H25F5O. The van der Waals surface area contributed by atoms with Crippen LogP contribution in [0.25, 0.3) is 10.8 Å². The molecule has 0 fully saturated rings. The van der Waals surface area contributed by atoms with Crippen molar-refractivity contribution in [2.75, 3.05) is 0 Å². The van der Waals surface area contributed by atoms with E-state index in [0.29, 0.717) is 5.56 Å². The summed E-state index contributed by atoms with van der Waals surface area (Å²) in [5, 5.41) is 1.78. The summed E-state index contributed by atoms with van der Waals surface area (Å²) in [6.45, 7) is 2.13. The van der Waals surface area contributed by atoms with E-state index in [1.165, 1.54) is 18.2 Å². The molecule has 0 radical (unpaired) electrons. The molecule has 0 spiro atoms. The molecule has 1 nitrogen and oxygen atoms in total. The first-order valence-corrected chi connectivity index (χ1v) is 11.0. The molecule has 0 N–H and O–H groups in total. The van der Waals surface area contributed by atoms with Crippen LogP contribution < -0.4 is 4.74 Å². The lowest BCUT2D eigenvalue weighted by atomic mass is 9.69. The maximum Gasteiger partial charge on any atom is 0.573 e. The summed E-state index contributed by atoms with van der Waals surface area (Å²) in [6, 6.07) is 12.4. The van der Waals surface area contributed by atoms with Crippen LogP contribution in [0.3, 0.4) is 0 Å².